The van der Waals surface area contributed by atoms with Crippen LogP contribution in [0.4, 0.5) is 5.82 Å². The van der Waals surface area contributed by atoms with Crippen molar-refractivity contribution >= 4 is 63.3 Å². The third-order valence-electron chi connectivity index (χ3n) is 5.28. The lowest BCUT2D eigenvalue weighted by Crippen LogP contribution is -2.27. The van der Waals surface area contributed by atoms with E-state index in [4.69, 9.17) is 23.8 Å². The molecule has 1 N–H and O–H groups in total. The maximum atomic E-state index is 13.3. The quantitative estimate of drug-likeness (QED) is 0.256. The van der Waals surface area contributed by atoms with Crippen molar-refractivity contribution < 1.29 is 4.79 Å². The topological polar surface area (TPSA) is 66.7 Å². The van der Waals surface area contributed by atoms with E-state index in [1.54, 1.807) is 30.5 Å². The fourth-order valence-corrected chi connectivity index (χ4v) is 4.95. The van der Waals surface area contributed by atoms with Crippen LogP contribution in [0.1, 0.15) is 37.3 Å². The summed E-state index contributed by atoms with van der Waals surface area (Å²) in [7, 11) is 0. The van der Waals surface area contributed by atoms with E-state index in [-0.39, 0.29) is 18.0 Å². The Morgan fingerprint density at radius 1 is 1.15 bits per heavy atom. The molecule has 1 saturated heterocycles. The summed E-state index contributed by atoms with van der Waals surface area (Å²) in [6.45, 7) is 3.10. The van der Waals surface area contributed by atoms with E-state index >= 15 is 0 Å². The van der Waals surface area contributed by atoms with Crippen LogP contribution < -0.4 is 10.9 Å². The Labute approximate surface area is 206 Å². The van der Waals surface area contributed by atoms with Gasteiger partial charge in [-0.2, -0.15) is 0 Å². The van der Waals surface area contributed by atoms with E-state index in [2.05, 4.69) is 17.2 Å². The molecule has 170 valence electrons. The summed E-state index contributed by atoms with van der Waals surface area (Å²) in [6.07, 6.45) is 6.41. The Bertz CT molecular complexity index is 1310. The lowest BCUT2D eigenvalue weighted by molar-refractivity contribution is -0.122. The number of nitrogens with one attached hydrogen (secondary N) is 1. The molecule has 4 rings (SSSR count). The molecule has 0 saturated carbocycles. The number of hydrogen-bond acceptors (Lipinski definition) is 6. The van der Waals surface area contributed by atoms with Crippen LogP contribution in [0.15, 0.2) is 58.4 Å². The number of rotatable bonds is 8. The Morgan fingerprint density at radius 2 is 1.94 bits per heavy atom. The highest BCUT2D eigenvalue weighted by molar-refractivity contribution is 8.26. The normalized spacial score (nSPS) is 15.1. The zero-order valence-electron chi connectivity index (χ0n) is 18.1. The van der Waals surface area contributed by atoms with Gasteiger partial charge >= 0.3 is 0 Å². The van der Waals surface area contributed by atoms with Gasteiger partial charge in [0, 0.05) is 17.8 Å². The summed E-state index contributed by atoms with van der Waals surface area (Å²) >= 11 is 12.9. The second-order valence-corrected chi connectivity index (χ2v) is 9.68. The molecule has 3 aromatic rings. The van der Waals surface area contributed by atoms with Gasteiger partial charge in [0.2, 0.25) is 0 Å². The minimum absolute atomic E-state index is 0.241. The van der Waals surface area contributed by atoms with E-state index in [0.717, 1.165) is 24.8 Å². The number of halogens is 1. The van der Waals surface area contributed by atoms with Crippen LogP contribution in [-0.4, -0.2) is 31.1 Å². The molecular formula is C24H23ClN4O2S2. The van der Waals surface area contributed by atoms with Crippen molar-refractivity contribution in [3.8, 4) is 0 Å². The first-order valence-corrected chi connectivity index (χ1v) is 12.3. The Hall–Kier alpha value is -2.68. The molecule has 0 unspecified atom stereocenters. The molecule has 3 heterocycles. The van der Waals surface area contributed by atoms with Crippen LogP contribution in [0, 0.1) is 0 Å². The van der Waals surface area contributed by atoms with Gasteiger partial charge in [-0.15, -0.1) is 0 Å². The molecule has 0 atom stereocenters. The number of thiocarbonyl (C=S) groups is 1. The molecule has 1 aliphatic rings. The molecule has 33 heavy (non-hydrogen) atoms. The summed E-state index contributed by atoms with van der Waals surface area (Å²) in [6, 6.07) is 12.7. The number of thioether (sulfide) groups is 1. The molecule has 0 aliphatic carbocycles. The summed E-state index contributed by atoms with van der Waals surface area (Å²) in [4.78, 5) is 33.0. The summed E-state index contributed by atoms with van der Waals surface area (Å²) in [5.41, 5.74) is 1.45. The number of unbranched alkanes of at least 4 members (excludes halogenated alkanes) is 2. The van der Waals surface area contributed by atoms with Crippen molar-refractivity contribution in [2.24, 2.45) is 0 Å². The maximum absolute atomic E-state index is 13.3. The lowest BCUT2D eigenvalue weighted by atomic mass is 10.2. The lowest BCUT2D eigenvalue weighted by Gasteiger charge is -2.15. The third kappa shape index (κ3) is 5.13. The number of nitrogens with zero attached hydrogens (tertiary/aromatic N) is 3. The van der Waals surface area contributed by atoms with Gasteiger partial charge in [-0.1, -0.05) is 79.6 Å². The van der Waals surface area contributed by atoms with Crippen molar-refractivity contribution in [2.45, 2.75) is 32.7 Å². The first-order valence-electron chi connectivity index (χ1n) is 10.7. The predicted octanol–water partition coefficient (Wildman–Crippen LogP) is 5.35. The van der Waals surface area contributed by atoms with E-state index in [0.29, 0.717) is 37.8 Å². The van der Waals surface area contributed by atoms with Gasteiger partial charge < -0.3 is 5.32 Å². The smallest absolute Gasteiger partial charge is 0.267 e. The Kier molecular flexibility index (Phi) is 7.47. The highest BCUT2D eigenvalue weighted by Gasteiger charge is 2.33. The molecule has 0 spiro atoms. The number of carbonyl (C=O) groups excluding carboxylic acids is 1. The van der Waals surface area contributed by atoms with Gasteiger partial charge in [0.05, 0.1) is 17.0 Å². The van der Waals surface area contributed by atoms with Crippen molar-refractivity contribution in [1.29, 1.82) is 0 Å². The number of amides is 1. The van der Waals surface area contributed by atoms with Crippen LogP contribution >= 0.6 is 35.6 Å². The summed E-state index contributed by atoms with van der Waals surface area (Å²) in [5, 5.41) is 3.86. The van der Waals surface area contributed by atoms with Crippen molar-refractivity contribution in [2.75, 3.05) is 11.9 Å². The minimum atomic E-state index is -0.251. The van der Waals surface area contributed by atoms with Crippen LogP contribution in [0.3, 0.4) is 0 Å². The van der Waals surface area contributed by atoms with Gasteiger partial charge in [-0.3, -0.25) is 18.9 Å². The largest absolute Gasteiger partial charge is 0.369 e. The Morgan fingerprint density at radius 3 is 2.73 bits per heavy atom. The Balaban J connectivity index is 1.69. The van der Waals surface area contributed by atoms with Crippen LogP contribution in [0.2, 0.25) is 5.02 Å². The minimum Gasteiger partial charge on any atom is -0.369 e. The van der Waals surface area contributed by atoms with Crippen molar-refractivity contribution in [3.05, 3.63) is 80.1 Å². The van der Waals surface area contributed by atoms with Crippen molar-refractivity contribution in [1.82, 2.24) is 14.3 Å². The fourth-order valence-electron chi connectivity index (χ4n) is 3.51. The number of fused-ring (bicyclic) bond motifs is 1. The zero-order chi connectivity index (χ0) is 23.4. The second-order valence-electron chi connectivity index (χ2n) is 7.60. The molecule has 9 heteroatoms. The summed E-state index contributed by atoms with van der Waals surface area (Å²) < 4.78 is 1.91. The van der Waals surface area contributed by atoms with E-state index < -0.39 is 0 Å². The zero-order valence-corrected chi connectivity index (χ0v) is 20.5. The van der Waals surface area contributed by atoms with Crippen LogP contribution in [0.25, 0.3) is 11.7 Å². The number of hydrogen-bond donors (Lipinski definition) is 1. The molecule has 2 aromatic heterocycles. The molecule has 1 amide bonds. The van der Waals surface area contributed by atoms with Crippen LogP contribution in [0.5, 0.6) is 0 Å². The number of carbonyl (C=O) groups is 1. The third-order valence-corrected chi connectivity index (χ3v) is 7.02. The van der Waals surface area contributed by atoms with E-state index in [9.17, 15) is 9.59 Å². The average Bonchev–Trinajstić information content (AvgIpc) is 3.08. The van der Waals surface area contributed by atoms with E-state index in [1.807, 2.05) is 24.3 Å². The second kappa shape index (κ2) is 10.5. The van der Waals surface area contributed by atoms with Gasteiger partial charge in [0.25, 0.3) is 11.5 Å². The molecule has 0 radical (unpaired) electrons. The fraction of sp³-hybridized carbons (Fsp3) is 0.250. The molecule has 1 aliphatic heterocycles. The molecule has 1 fully saturated rings. The molecule has 6 nitrogen and oxygen atoms in total. The SMILES string of the molecule is CCCCCNc1nc2ccccn2c(=O)c1C=C1SC(=S)N(Cc2ccccc2Cl)C1=O. The number of pyridine rings is 1. The van der Waals surface area contributed by atoms with Gasteiger partial charge in [-0.05, 0) is 36.3 Å². The summed E-state index contributed by atoms with van der Waals surface area (Å²) in [5.74, 6) is 0.220. The standard InChI is InChI=1S/C24H23ClN4O2S2/c1-2-3-7-12-26-21-17(22(30)28-13-8-6-11-20(28)27-21)14-19-23(31)29(24(32)33-19)15-16-9-4-5-10-18(16)25/h4-6,8-11,13-14,26H,2-3,7,12,15H2,1H3. The average molecular weight is 499 g/mol. The monoisotopic (exact) mass is 498 g/mol. The van der Waals surface area contributed by atoms with E-state index in [1.165, 1.54) is 21.1 Å². The maximum Gasteiger partial charge on any atom is 0.267 e. The number of benzene rings is 1. The first-order chi connectivity index (χ1) is 16.0. The van der Waals surface area contributed by atoms with Crippen LogP contribution in [-0.2, 0) is 11.3 Å². The highest BCUT2D eigenvalue weighted by Crippen LogP contribution is 2.34. The van der Waals surface area contributed by atoms with Gasteiger partial charge in [0.1, 0.15) is 15.8 Å². The number of aromatic nitrogens is 2. The van der Waals surface area contributed by atoms with Crippen molar-refractivity contribution in [3.63, 3.8) is 0 Å². The molecule has 0 bridgehead atoms. The molecular weight excluding hydrogens is 476 g/mol. The first kappa shape index (κ1) is 23.5. The molecule has 1 aromatic carbocycles. The van der Waals surface area contributed by atoms with Gasteiger partial charge in [-0.25, -0.2) is 4.98 Å². The predicted molar refractivity (Wildman–Crippen MR) is 140 cm³/mol. The number of anilines is 1. The van der Waals surface area contributed by atoms with Gasteiger partial charge in [0.15, 0.2) is 0 Å². The highest BCUT2D eigenvalue weighted by atomic mass is 35.5.